The summed E-state index contributed by atoms with van der Waals surface area (Å²) in [7, 11) is 0. The molecule has 1 amide bonds. The summed E-state index contributed by atoms with van der Waals surface area (Å²) < 4.78 is 10.5. The topological polar surface area (TPSA) is 110 Å². The highest BCUT2D eigenvalue weighted by Gasteiger charge is 2.23. The second-order valence-electron chi connectivity index (χ2n) is 5.73. The number of rotatable bonds is 5. The molecule has 4 rings (SSSR count). The number of carbonyl (C=O) groups is 1. The van der Waals surface area contributed by atoms with Gasteiger partial charge in [0.15, 0.2) is 11.5 Å². The van der Waals surface area contributed by atoms with Gasteiger partial charge in [-0.3, -0.25) is 9.89 Å². The maximum Gasteiger partial charge on any atom is 0.273 e. The second-order valence-corrected chi connectivity index (χ2v) is 5.73. The summed E-state index contributed by atoms with van der Waals surface area (Å²) in [4.78, 5) is 16.6. The number of aryl methyl sites for hydroxylation is 1. The Morgan fingerprint density at radius 1 is 1.33 bits per heavy atom. The van der Waals surface area contributed by atoms with E-state index in [4.69, 9.17) is 8.94 Å². The molecule has 3 aromatic rings. The van der Waals surface area contributed by atoms with Gasteiger partial charge in [-0.1, -0.05) is 5.16 Å². The Morgan fingerprint density at radius 2 is 2.25 bits per heavy atom. The molecule has 3 heterocycles. The van der Waals surface area contributed by atoms with Gasteiger partial charge in [-0.25, -0.2) is 4.98 Å². The Hall–Kier alpha value is -2.90. The van der Waals surface area contributed by atoms with Crippen molar-refractivity contribution in [2.24, 2.45) is 0 Å². The molecule has 1 aliphatic carbocycles. The summed E-state index contributed by atoms with van der Waals surface area (Å²) in [6.45, 7) is 0.438. The van der Waals surface area contributed by atoms with E-state index in [-0.39, 0.29) is 5.91 Å². The summed E-state index contributed by atoms with van der Waals surface area (Å²) in [6, 6.07) is 3.58. The number of carbonyl (C=O) groups excluding carboxylic acids is 1. The molecule has 2 N–H and O–H groups in total. The van der Waals surface area contributed by atoms with Crippen LogP contribution in [0.25, 0.3) is 11.6 Å². The molecule has 0 aliphatic heterocycles. The van der Waals surface area contributed by atoms with Crippen molar-refractivity contribution in [2.75, 3.05) is 6.54 Å². The molecule has 0 fully saturated rings. The Kier molecular flexibility index (Phi) is 3.86. The first kappa shape index (κ1) is 14.7. The fourth-order valence-corrected chi connectivity index (χ4v) is 2.86. The number of amides is 1. The molecule has 8 heteroatoms. The average Bonchev–Trinajstić information content (AvgIpc) is 3.34. The molecule has 0 spiro atoms. The van der Waals surface area contributed by atoms with Crippen LogP contribution < -0.4 is 5.32 Å². The molecule has 0 saturated heterocycles. The smallest absolute Gasteiger partial charge is 0.273 e. The molecule has 124 valence electrons. The van der Waals surface area contributed by atoms with Gasteiger partial charge in [-0.05, 0) is 31.4 Å². The Morgan fingerprint density at radius 3 is 3.12 bits per heavy atom. The quantitative estimate of drug-likeness (QED) is 0.740. The number of nitrogens with one attached hydrogen (secondary N) is 2. The van der Waals surface area contributed by atoms with E-state index in [1.807, 2.05) is 0 Å². The third-order valence-electron chi connectivity index (χ3n) is 4.09. The molecule has 0 bridgehead atoms. The summed E-state index contributed by atoms with van der Waals surface area (Å²) >= 11 is 0. The summed E-state index contributed by atoms with van der Waals surface area (Å²) in [5, 5.41) is 13.7. The number of furan rings is 1. The average molecular weight is 327 g/mol. The maximum atomic E-state index is 12.3. The highest BCUT2D eigenvalue weighted by molar-refractivity contribution is 5.93. The van der Waals surface area contributed by atoms with Gasteiger partial charge < -0.3 is 14.3 Å². The van der Waals surface area contributed by atoms with E-state index >= 15 is 0 Å². The second kappa shape index (κ2) is 6.31. The van der Waals surface area contributed by atoms with Gasteiger partial charge in [0.1, 0.15) is 11.6 Å². The van der Waals surface area contributed by atoms with E-state index in [0.717, 1.165) is 37.0 Å². The van der Waals surface area contributed by atoms with Gasteiger partial charge in [0.2, 0.25) is 5.82 Å². The monoisotopic (exact) mass is 327 g/mol. The number of aromatic amines is 1. The Balaban J connectivity index is 1.34. The van der Waals surface area contributed by atoms with Crippen LogP contribution in [0.1, 0.15) is 40.5 Å². The van der Waals surface area contributed by atoms with Crippen LogP contribution in [0.2, 0.25) is 0 Å². The van der Waals surface area contributed by atoms with Gasteiger partial charge in [-0.2, -0.15) is 5.10 Å². The number of hydrogen-bond acceptors (Lipinski definition) is 6. The van der Waals surface area contributed by atoms with Crippen molar-refractivity contribution in [1.82, 2.24) is 25.7 Å². The Labute approximate surface area is 137 Å². The lowest BCUT2D eigenvalue weighted by molar-refractivity contribution is 0.0944. The summed E-state index contributed by atoms with van der Waals surface area (Å²) in [5.41, 5.74) is 1.37. The highest BCUT2D eigenvalue weighted by Crippen LogP contribution is 2.24. The molecular formula is C16H17N5O3. The zero-order valence-electron chi connectivity index (χ0n) is 13.0. The molecular weight excluding hydrogens is 310 g/mol. The van der Waals surface area contributed by atoms with Crippen LogP contribution in [-0.2, 0) is 19.3 Å². The van der Waals surface area contributed by atoms with E-state index in [1.165, 1.54) is 0 Å². The maximum absolute atomic E-state index is 12.3. The zero-order chi connectivity index (χ0) is 16.4. The lowest BCUT2D eigenvalue weighted by atomic mass is 9.96. The van der Waals surface area contributed by atoms with Crippen molar-refractivity contribution in [2.45, 2.75) is 32.1 Å². The molecule has 1 aliphatic rings. The zero-order valence-corrected chi connectivity index (χ0v) is 13.0. The largest absolute Gasteiger partial charge is 0.461 e. The minimum absolute atomic E-state index is 0.201. The first-order chi connectivity index (χ1) is 11.8. The predicted molar refractivity (Wildman–Crippen MR) is 83.3 cm³/mol. The SMILES string of the molecule is O=C(NCCc1nc(-c2ccco2)n[nH]1)c1noc2c1CCCC2. The van der Waals surface area contributed by atoms with Crippen LogP contribution in [0, 0.1) is 0 Å². The van der Waals surface area contributed by atoms with Gasteiger partial charge in [0.25, 0.3) is 5.91 Å². The van der Waals surface area contributed by atoms with Crippen LogP contribution in [0.5, 0.6) is 0 Å². The standard InChI is InChI=1S/C16H17N5O3/c22-16(14-10-4-1-2-5-11(10)24-21-14)17-8-7-13-18-15(20-19-13)12-6-3-9-23-12/h3,6,9H,1-2,4-5,7-8H2,(H,17,22)(H,18,19,20). The molecule has 0 atom stereocenters. The molecule has 0 saturated carbocycles. The van der Waals surface area contributed by atoms with Crippen LogP contribution in [-0.4, -0.2) is 32.8 Å². The first-order valence-corrected chi connectivity index (χ1v) is 8.02. The summed E-state index contributed by atoms with van der Waals surface area (Å²) in [5.74, 6) is 2.45. The Bertz CT molecular complexity index is 834. The van der Waals surface area contributed by atoms with E-state index in [9.17, 15) is 4.79 Å². The van der Waals surface area contributed by atoms with E-state index in [1.54, 1.807) is 18.4 Å². The van der Waals surface area contributed by atoms with Crippen LogP contribution in [0.15, 0.2) is 27.3 Å². The van der Waals surface area contributed by atoms with E-state index in [0.29, 0.717) is 36.1 Å². The highest BCUT2D eigenvalue weighted by atomic mass is 16.5. The minimum atomic E-state index is -0.201. The van der Waals surface area contributed by atoms with Crippen LogP contribution in [0.4, 0.5) is 0 Å². The van der Waals surface area contributed by atoms with Crippen LogP contribution in [0.3, 0.4) is 0 Å². The normalized spacial score (nSPS) is 13.7. The molecule has 24 heavy (non-hydrogen) atoms. The lowest BCUT2D eigenvalue weighted by Gasteiger charge is -2.09. The third kappa shape index (κ3) is 2.82. The van der Waals surface area contributed by atoms with Crippen molar-refractivity contribution < 1.29 is 13.7 Å². The number of aromatic nitrogens is 4. The van der Waals surface area contributed by atoms with E-state index < -0.39 is 0 Å². The van der Waals surface area contributed by atoms with Gasteiger partial charge in [0.05, 0.1) is 6.26 Å². The van der Waals surface area contributed by atoms with Crippen molar-refractivity contribution >= 4 is 5.91 Å². The fraction of sp³-hybridized carbons (Fsp3) is 0.375. The first-order valence-electron chi connectivity index (χ1n) is 8.02. The number of fused-ring (bicyclic) bond motifs is 1. The molecule has 0 aromatic carbocycles. The van der Waals surface area contributed by atoms with Crippen molar-refractivity contribution in [3.8, 4) is 11.6 Å². The van der Waals surface area contributed by atoms with Crippen molar-refractivity contribution in [3.63, 3.8) is 0 Å². The fourth-order valence-electron chi connectivity index (χ4n) is 2.86. The molecule has 0 radical (unpaired) electrons. The van der Waals surface area contributed by atoms with Gasteiger partial charge in [0, 0.05) is 24.9 Å². The van der Waals surface area contributed by atoms with Crippen molar-refractivity contribution in [3.05, 3.63) is 41.2 Å². The molecule has 3 aromatic heterocycles. The molecule has 8 nitrogen and oxygen atoms in total. The number of nitrogens with zero attached hydrogens (tertiary/aromatic N) is 3. The lowest BCUT2D eigenvalue weighted by Crippen LogP contribution is -2.27. The van der Waals surface area contributed by atoms with Gasteiger partial charge in [-0.15, -0.1) is 0 Å². The van der Waals surface area contributed by atoms with Crippen molar-refractivity contribution in [1.29, 1.82) is 0 Å². The number of hydrogen-bond donors (Lipinski definition) is 2. The van der Waals surface area contributed by atoms with Gasteiger partial charge >= 0.3 is 0 Å². The molecule has 0 unspecified atom stereocenters. The van der Waals surface area contributed by atoms with Crippen LogP contribution >= 0.6 is 0 Å². The summed E-state index contributed by atoms with van der Waals surface area (Å²) in [6.07, 6.45) is 6.00. The third-order valence-corrected chi connectivity index (χ3v) is 4.09. The van der Waals surface area contributed by atoms with E-state index in [2.05, 4.69) is 25.7 Å². The predicted octanol–water partition coefficient (Wildman–Crippen LogP) is 1.90. The number of H-pyrrole nitrogens is 1. The minimum Gasteiger partial charge on any atom is -0.461 e.